The van der Waals surface area contributed by atoms with Gasteiger partial charge in [-0.3, -0.25) is 4.57 Å². The molecule has 1 N–H and O–H groups in total. The van der Waals surface area contributed by atoms with Gasteiger partial charge in [0.15, 0.2) is 0 Å². The van der Waals surface area contributed by atoms with E-state index in [1.54, 1.807) is 12.1 Å². The van der Waals surface area contributed by atoms with Gasteiger partial charge in [0.1, 0.15) is 5.82 Å². The van der Waals surface area contributed by atoms with E-state index in [9.17, 15) is 4.39 Å². The highest BCUT2D eigenvalue weighted by Crippen LogP contribution is 2.24. The Labute approximate surface area is 147 Å². The lowest BCUT2D eigenvalue weighted by molar-refractivity contribution is 0.573. The molecule has 1 fully saturated rings. The third-order valence-electron chi connectivity index (χ3n) is 3.74. The van der Waals surface area contributed by atoms with E-state index in [0.29, 0.717) is 0 Å². The number of aromatic nitrogens is 3. The summed E-state index contributed by atoms with van der Waals surface area (Å²) >= 11 is 0. The Hall–Kier alpha value is -1.57. The van der Waals surface area contributed by atoms with Crippen LogP contribution in [0, 0.1) is 5.82 Å². The van der Waals surface area contributed by atoms with Crippen molar-refractivity contribution in [3.05, 3.63) is 30.1 Å². The van der Waals surface area contributed by atoms with Crippen molar-refractivity contribution in [3.63, 3.8) is 0 Å². The van der Waals surface area contributed by atoms with Crippen molar-refractivity contribution in [3.8, 4) is 0 Å². The van der Waals surface area contributed by atoms with Crippen LogP contribution in [0.25, 0.3) is 0 Å². The zero-order chi connectivity index (χ0) is 14.8. The summed E-state index contributed by atoms with van der Waals surface area (Å²) in [7, 11) is 3.85. The fraction of sp³-hybridized carbons (Fsp3) is 0.429. The fourth-order valence-corrected chi connectivity index (χ4v) is 2.53. The molecule has 1 aliphatic rings. The molecular weight excluding hydrogens is 342 g/mol. The van der Waals surface area contributed by atoms with E-state index in [-0.39, 0.29) is 30.6 Å². The number of nitrogens with one attached hydrogen (secondary N) is 1. The molecule has 128 valence electrons. The molecule has 1 aromatic heterocycles. The van der Waals surface area contributed by atoms with Crippen LogP contribution in [0.3, 0.4) is 0 Å². The number of rotatable bonds is 3. The monoisotopic (exact) mass is 362 g/mol. The smallest absolute Gasteiger partial charge is 0.232 e. The standard InChI is InChI=1S/C14H19FN6.2ClH/c1-19(12-5-3-11(15)4-6-12)13-17-18-14(20(13)2)21-9-7-16-8-10-21;;/h3-6,16H,7-10H2,1-2H3;2*1H. The number of piperazine rings is 1. The summed E-state index contributed by atoms with van der Waals surface area (Å²) in [5.74, 6) is 1.35. The van der Waals surface area contributed by atoms with E-state index in [1.165, 1.54) is 12.1 Å². The van der Waals surface area contributed by atoms with Crippen molar-refractivity contribution in [2.24, 2.45) is 7.05 Å². The van der Waals surface area contributed by atoms with Gasteiger partial charge in [0.2, 0.25) is 11.9 Å². The van der Waals surface area contributed by atoms with Crippen molar-refractivity contribution < 1.29 is 4.39 Å². The van der Waals surface area contributed by atoms with Gasteiger partial charge in [-0.05, 0) is 24.3 Å². The normalized spacial score (nSPS) is 14.0. The van der Waals surface area contributed by atoms with Gasteiger partial charge >= 0.3 is 0 Å². The summed E-state index contributed by atoms with van der Waals surface area (Å²) in [5, 5.41) is 11.9. The summed E-state index contributed by atoms with van der Waals surface area (Å²) in [6.07, 6.45) is 0. The molecule has 1 aliphatic heterocycles. The first kappa shape index (κ1) is 19.5. The SMILES string of the molecule is CN(c1ccc(F)cc1)c1nnc(N2CCNCC2)n1C.Cl.Cl. The Morgan fingerprint density at radius 1 is 1.09 bits per heavy atom. The van der Waals surface area contributed by atoms with Crippen LogP contribution in [0.15, 0.2) is 24.3 Å². The van der Waals surface area contributed by atoms with Crippen molar-refractivity contribution >= 4 is 42.4 Å². The van der Waals surface area contributed by atoms with E-state index in [4.69, 9.17) is 0 Å². The molecule has 6 nitrogen and oxygen atoms in total. The number of nitrogens with zero attached hydrogens (tertiary/aromatic N) is 5. The van der Waals surface area contributed by atoms with E-state index >= 15 is 0 Å². The molecule has 0 atom stereocenters. The molecular formula is C14H21Cl2FN6. The van der Waals surface area contributed by atoms with Gasteiger partial charge in [-0.15, -0.1) is 35.0 Å². The zero-order valence-corrected chi connectivity index (χ0v) is 14.7. The summed E-state index contributed by atoms with van der Waals surface area (Å²) in [4.78, 5) is 4.11. The molecule has 0 amide bonds. The van der Waals surface area contributed by atoms with Crippen LogP contribution >= 0.6 is 24.8 Å². The second-order valence-electron chi connectivity index (χ2n) is 5.13. The molecule has 23 heavy (non-hydrogen) atoms. The van der Waals surface area contributed by atoms with Gasteiger partial charge in [0, 0.05) is 46.0 Å². The topological polar surface area (TPSA) is 49.2 Å². The second-order valence-corrected chi connectivity index (χ2v) is 5.13. The van der Waals surface area contributed by atoms with Gasteiger partial charge in [-0.1, -0.05) is 0 Å². The summed E-state index contributed by atoms with van der Waals surface area (Å²) < 4.78 is 15.0. The largest absolute Gasteiger partial charge is 0.338 e. The molecule has 0 saturated carbocycles. The first-order valence-electron chi connectivity index (χ1n) is 7.01. The highest BCUT2D eigenvalue weighted by atomic mass is 35.5. The molecule has 2 heterocycles. The molecule has 3 rings (SSSR count). The number of benzene rings is 1. The average Bonchev–Trinajstić information content (AvgIpc) is 2.90. The maximum Gasteiger partial charge on any atom is 0.232 e. The van der Waals surface area contributed by atoms with Crippen molar-refractivity contribution in [1.29, 1.82) is 0 Å². The summed E-state index contributed by atoms with van der Waals surface area (Å²) in [6, 6.07) is 6.35. The highest BCUT2D eigenvalue weighted by Gasteiger charge is 2.20. The average molecular weight is 363 g/mol. The molecule has 0 bridgehead atoms. The van der Waals surface area contributed by atoms with Crippen LogP contribution in [0.4, 0.5) is 22.0 Å². The number of hydrogen-bond acceptors (Lipinski definition) is 5. The molecule has 1 saturated heterocycles. The maximum atomic E-state index is 13.0. The van der Waals surface area contributed by atoms with Crippen molar-refractivity contribution in [1.82, 2.24) is 20.1 Å². The number of halogens is 3. The number of hydrogen-bond donors (Lipinski definition) is 1. The lowest BCUT2D eigenvalue weighted by Gasteiger charge is -2.28. The Bertz CT molecular complexity index is 612. The third kappa shape index (κ3) is 4.04. The molecule has 0 spiro atoms. The predicted octanol–water partition coefficient (Wildman–Crippen LogP) is 1.98. The van der Waals surface area contributed by atoms with Gasteiger partial charge in [-0.25, -0.2) is 4.39 Å². The van der Waals surface area contributed by atoms with Crippen LogP contribution < -0.4 is 15.1 Å². The Morgan fingerprint density at radius 2 is 1.70 bits per heavy atom. The van der Waals surface area contributed by atoms with Crippen LogP contribution in [-0.2, 0) is 7.05 Å². The van der Waals surface area contributed by atoms with Crippen LogP contribution in [0.2, 0.25) is 0 Å². The molecule has 1 aromatic carbocycles. The predicted molar refractivity (Wildman–Crippen MR) is 95.0 cm³/mol. The Morgan fingerprint density at radius 3 is 2.30 bits per heavy atom. The molecule has 0 unspecified atom stereocenters. The van der Waals surface area contributed by atoms with Crippen LogP contribution in [-0.4, -0.2) is 48.0 Å². The van der Waals surface area contributed by atoms with Gasteiger partial charge < -0.3 is 15.1 Å². The van der Waals surface area contributed by atoms with E-state index in [2.05, 4.69) is 20.4 Å². The lowest BCUT2D eigenvalue weighted by atomic mass is 10.3. The molecule has 2 aromatic rings. The second kappa shape index (κ2) is 8.33. The first-order chi connectivity index (χ1) is 10.2. The summed E-state index contributed by atoms with van der Waals surface area (Å²) in [5.41, 5.74) is 0.874. The van der Waals surface area contributed by atoms with E-state index in [1.807, 2.05) is 23.6 Å². The first-order valence-corrected chi connectivity index (χ1v) is 7.01. The summed E-state index contributed by atoms with van der Waals surface area (Å²) in [6.45, 7) is 3.75. The minimum atomic E-state index is -0.244. The minimum Gasteiger partial charge on any atom is -0.338 e. The fourth-order valence-electron chi connectivity index (χ4n) is 2.53. The number of anilines is 3. The molecule has 0 aliphatic carbocycles. The quantitative estimate of drug-likeness (QED) is 0.904. The third-order valence-corrected chi connectivity index (χ3v) is 3.74. The van der Waals surface area contributed by atoms with E-state index < -0.39 is 0 Å². The molecule has 0 radical (unpaired) electrons. The van der Waals surface area contributed by atoms with E-state index in [0.717, 1.165) is 43.8 Å². The minimum absolute atomic E-state index is 0. The van der Waals surface area contributed by atoms with Gasteiger partial charge in [0.05, 0.1) is 0 Å². The Balaban J connectivity index is 0.00000132. The van der Waals surface area contributed by atoms with Crippen LogP contribution in [0.1, 0.15) is 0 Å². The lowest BCUT2D eigenvalue weighted by Crippen LogP contribution is -2.44. The van der Waals surface area contributed by atoms with Crippen molar-refractivity contribution in [2.75, 3.05) is 43.0 Å². The van der Waals surface area contributed by atoms with Crippen LogP contribution in [0.5, 0.6) is 0 Å². The zero-order valence-electron chi connectivity index (χ0n) is 13.1. The highest BCUT2D eigenvalue weighted by molar-refractivity contribution is 5.85. The Kier molecular flexibility index (Phi) is 7.05. The van der Waals surface area contributed by atoms with Gasteiger partial charge in [0.25, 0.3) is 0 Å². The van der Waals surface area contributed by atoms with Crippen molar-refractivity contribution in [2.45, 2.75) is 0 Å². The van der Waals surface area contributed by atoms with Gasteiger partial charge in [-0.2, -0.15) is 0 Å². The molecule has 9 heteroatoms. The maximum absolute atomic E-state index is 13.0.